The van der Waals surface area contributed by atoms with E-state index in [0.29, 0.717) is 21.4 Å². The van der Waals surface area contributed by atoms with Crippen molar-refractivity contribution in [1.82, 2.24) is 19.7 Å². The Labute approximate surface area is 140 Å². The summed E-state index contributed by atoms with van der Waals surface area (Å²) in [7, 11) is 1.78. The smallest absolute Gasteiger partial charge is 0.283 e. The topological polar surface area (TPSA) is 111 Å². The minimum absolute atomic E-state index is 0.0764. The Balaban J connectivity index is 2.00. The number of aromatic nitrogens is 4. The van der Waals surface area contributed by atoms with E-state index in [1.54, 1.807) is 36.1 Å². The lowest BCUT2D eigenvalue weighted by molar-refractivity contribution is -0.387. The van der Waals surface area contributed by atoms with Gasteiger partial charge in [0.2, 0.25) is 0 Å². The minimum atomic E-state index is -0.483. The number of rotatable bonds is 4. The van der Waals surface area contributed by atoms with Crippen LogP contribution in [0.2, 0.25) is 0 Å². The van der Waals surface area contributed by atoms with Crippen LogP contribution < -0.4 is 0 Å². The second kappa shape index (κ2) is 6.47. The SMILES string of the molecule is Cn1c(Sc2cc(C#N)ccc2[N+](=O)[O-])nnc1-c1ccncc1. The molecule has 1 aromatic carbocycles. The molecule has 9 heteroatoms. The van der Waals surface area contributed by atoms with E-state index in [1.807, 2.05) is 6.07 Å². The second-order valence-corrected chi connectivity index (χ2v) is 5.76. The Bertz CT molecular complexity index is 948. The van der Waals surface area contributed by atoms with Gasteiger partial charge in [-0.3, -0.25) is 15.1 Å². The third-order valence-corrected chi connectivity index (χ3v) is 4.35. The Morgan fingerprint density at radius 3 is 2.67 bits per heavy atom. The van der Waals surface area contributed by atoms with Crippen molar-refractivity contribution in [2.24, 2.45) is 7.05 Å². The number of hydrogen-bond donors (Lipinski definition) is 0. The fourth-order valence-electron chi connectivity index (χ4n) is 2.07. The molecular weight excluding hydrogens is 328 g/mol. The van der Waals surface area contributed by atoms with Gasteiger partial charge in [0.05, 0.1) is 21.5 Å². The molecule has 0 bridgehead atoms. The van der Waals surface area contributed by atoms with Crippen LogP contribution in [0.1, 0.15) is 5.56 Å². The van der Waals surface area contributed by atoms with Crippen molar-refractivity contribution in [2.75, 3.05) is 0 Å². The van der Waals surface area contributed by atoms with Gasteiger partial charge in [-0.2, -0.15) is 5.26 Å². The first-order chi connectivity index (χ1) is 11.6. The molecule has 0 fully saturated rings. The number of nitriles is 1. The third-order valence-electron chi connectivity index (χ3n) is 3.26. The van der Waals surface area contributed by atoms with Crippen LogP contribution in [0, 0.1) is 21.4 Å². The molecule has 0 saturated heterocycles. The molecule has 3 aromatic rings. The van der Waals surface area contributed by atoms with Gasteiger partial charge in [0.25, 0.3) is 5.69 Å². The van der Waals surface area contributed by atoms with E-state index in [2.05, 4.69) is 15.2 Å². The van der Waals surface area contributed by atoms with Crippen molar-refractivity contribution in [2.45, 2.75) is 10.1 Å². The monoisotopic (exact) mass is 338 g/mol. The van der Waals surface area contributed by atoms with Gasteiger partial charge in [-0.25, -0.2) is 0 Å². The maximum Gasteiger partial charge on any atom is 0.283 e. The molecular formula is C15H10N6O2S. The summed E-state index contributed by atoms with van der Waals surface area (Å²) in [6.07, 6.45) is 3.30. The molecule has 3 rings (SSSR count). The first kappa shape index (κ1) is 15.6. The fourth-order valence-corrected chi connectivity index (χ4v) is 3.01. The van der Waals surface area contributed by atoms with E-state index in [4.69, 9.17) is 5.26 Å². The normalized spacial score (nSPS) is 10.3. The summed E-state index contributed by atoms with van der Waals surface area (Å²) in [4.78, 5) is 15.0. The number of hydrogen-bond acceptors (Lipinski definition) is 7. The molecule has 0 atom stereocenters. The van der Waals surface area contributed by atoms with Crippen LogP contribution in [0.15, 0.2) is 52.8 Å². The minimum Gasteiger partial charge on any atom is -0.305 e. The van der Waals surface area contributed by atoms with Crippen LogP contribution in [0.3, 0.4) is 0 Å². The van der Waals surface area contributed by atoms with Crippen molar-refractivity contribution in [3.63, 3.8) is 0 Å². The van der Waals surface area contributed by atoms with E-state index in [0.717, 1.165) is 17.3 Å². The fraction of sp³-hybridized carbons (Fsp3) is 0.0667. The lowest BCUT2D eigenvalue weighted by Crippen LogP contribution is -1.96. The lowest BCUT2D eigenvalue weighted by Gasteiger charge is -2.04. The highest BCUT2D eigenvalue weighted by atomic mass is 32.2. The highest BCUT2D eigenvalue weighted by Crippen LogP contribution is 2.35. The van der Waals surface area contributed by atoms with Gasteiger partial charge in [-0.1, -0.05) is 0 Å². The quantitative estimate of drug-likeness (QED) is 0.531. The number of benzene rings is 1. The van der Waals surface area contributed by atoms with Gasteiger partial charge in [0.1, 0.15) is 0 Å². The average Bonchev–Trinajstić information content (AvgIpc) is 2.96. The Morgan fingerprint density at radius 1 is 1.25 bits per heavy atom. The van der Waals surface area contributed by atoms with Crippen molar-refractivity contribution in [3.05, 3.63) is 58.4 Å². The zero-order chi connectivity index (χ0) is 17.1. The molecule has 0 aliphatic heterocycles. The zero-order valence-electron chi connectivity index (χ0n) is 12.4. The molecule has 0 N–H and O–H groups in total. The van der Waals surface area contributed by atoms with Gasteiger partial charge in [-0.05, 0) is 36.0 Å². The van der Waals surface area contributed by atoms with Gasteiger partial charge < -0.3 is 4.57 Å². The summed E-state index contributed by atoms with van der Waals surface area (Å²) in [5, 5.41) is 28.9. The maximum absolute atomic E-state index is 11.2. The van der Waals surface area contributed by atoms with Crippen molar-refractivity contribution in [1.29, 1.82) is 5.26 Å². The first-order valence-corrected chi connectivity index (χ1v) is 7.58. The van der Waals surface area contributed by atoms with Crippen LogP contribution in [0.5, 0.6) is 0 Å². The second-order valence-electron chi connectivity index (χ2n) is 4.75. The van der Waals surface area contributed by atoms with Gasteiger partial charge >= 0.3 is 0 Å². The standard InChI is InChI=1S/C15H10N6O2S/c1-20-14(11-4-6-17-7-5-11)18-19-15(20)24-13-8-10(9-16)2-3-12(13)21(22)23/h2-8H,1H3. The number of pyridine rings is 1. The van der Waals surface area contributed by atoms with E-state index in [9.17, 15) is 10.1 Å². The molecule has 0 saturated carbocycles. The number of nitrogens with zero attached hydrogens (tertiary/aromatic N) is 6. The number of nitro benzene ring substituents is 1. The van der Waals surface area contributed by atoms with Crippen LogP contribution in [-0.2, 0) is 7.05 Å². The molecule has 8 nitrogen and oxygen atoms in total. The molecule has 2 heterocycles. The molecule has 0 amide bonds. The summed E-state index contributed by atoms with van der Waals surface area (Å²) in [5.74, 6) is 0.624. The third kappa shape index (κ3) is 2.95. The summed E-state index contributed by atoms with van der Waals surface area (Å²) in [6, 6.07) is 9.80. The molecule has 0 aliphatic rings. The predicted molar refractivity (Wildman–Crippen MR) is 86.2 cm³/mol. The zero-order valence-corrected chi connectivity index (χ0v) is 13.3. The molecule has 0 spiro atoms. The summed E-state index contributed by atoms with van der Waals surface area (Å²) in [5.41, 5.74) is 1.11. The van der Waals surface area contributed by atoms with E-state index in [-0.39, 0.29) is 5.69 Å². The molecule has 0 radical (unpaired) electrons. The van der Waals surface area contributed by atoms with Gasteiger partial charge in [0, 0.05) is 31.1 Å². The molecule has 0 aliphatic carbocycles. The summed E-state index contributed by atoms with van der Waals surface area (Å²) < 4.78 is 1.74. The average molecular weight is 338 g/mol. The van der Waals surface area contributed by atoms with Crippen LogP contribution in [0.25, 0.3) is 11.4 Å². The van der Waals surface area contributed by atoms with Crippen LogP contribution in [-0.4, -0.2) is 24.7 Å². The summed E-state index contributed by atoms with van der Waals surface area (Å²) in [6.45, 7) is 0. The van der Waals surface area contributed by atoms with E-state index in [1.165, 1.54) is 18.2 Å². The van der Waals surface area contributed by atoms with Crippen LogP contribution in [0.4, 0.5) is 5.69 Å². The number of nitro groups is 1. The van der Waals surface area contributed by atoms with E-state index < -0.39 is 4.92 Å². The van der Waals surface area contributed by atoms with Gasteiger partial charge in [0.15, 0.2) is 11.0 Å². The van der Waals surface area contributed by atoms with E-state index >= 15 is 0 Å². The lowest BCUT2D eigenvalue weighted by atomic mass is 10.2. The van der Waals surface area contributed by atoms with Gasteiger partial charge in [-0.15, -0.1) is 10.2 Å². The Morgan fingerprint density at radius 2 is 2.00 bits per heavy atom. The predicted octanol–water partition coefficient (Wildman–Crippen LogP) is 2.81. The summed E-state index contributed by atoms with van der Waals surface area (Å²) >= 11 is 1.10. The molecule has 24 heavy (non-hydrogen) atoms. The molecule has 2 aromatic heterocycles. The van der Waals surface area contributed by atoms with Crippen LogP contribution >= 0.6 is 11.8 Å². The Hall–Kier alpha value is -3.25. The van der Waals surface area contributed by atoms with Crippen molar-refractivity contribution < 1.29 is 4.92 Å². The van der Waals surface area contributed by atoms with Crippen molar-refractivity contribution in [3.8, 4) is 17.5 Å². The first-order valence-electron chi connectivity index (χ1n) is 6.76. The highest BCUT2D eigenvalue weighted by Gasteiger charge is 2.19. The molecule has 0 unspecified atom stereocenters. The largest absolute Gasteiger partial charge is 0.305 e. The Kier molecular flexibility index (Phi) is 4.22. The highest BCUT2D eigenvalue weighted by molar-refractivity contribution is 7.99. The molecule has 118 valence electrons. The maximum atomic E-state index is 11.2. The van der Waals surface area contributed by atoms with Crippen molar-refractivity contribution >= 4 is 17.4 Å².